The number of benzene rings is 3. The lowest BCUT2D eigenvalue weighted by Crippen LogP contribution is -2.39. The van der Waals surface area contributed by atoms with Gasteiger partial charge in [-0.05, 0) is 30.5 Å². The summed E-state index contributed by atoms with van der Waals surface area (Å²) in [4.78, 5) is 8.47. The van der Waals surface area contributed by atoms with Gasteiger partial charge >= 0.3 is 0 Å². The Bertz CT molecular complexity index is 1550. The Balaban J connectivity index is 1.28. The Labute approximate surface area is 237 Å². The third-order valence-electron chi connectivity index (χ3n) is 7.82. The van der Waals surface area contributed by atoms with Gasteiger partial charge in [-0.3, -0.25) is 0 Å². The standard InChI is InChI=1S/C32H31N5O4/c1-31(2)40-27-25(39-26(28(27)41-31)24-18-36-37-29(24)34-20-35-30(37)33)19-38-32(21-12-6-3-7-13-21,22-14-8-4-9-15-22)23-16-10-5-11-17-23/h3-18,20,25-28H,19H2,1-2H3,(H2,33,34,35)/t25-,26+,27-,28+/m1/s1. The first kappa shape index (κ1) is 25.8. The largest absolute Gasteiger partial charge is 0.368 e. The zero-order valence-electron chi connectivity index (χ0n) is 22.8. The van der Waals surface area contributed by atoms with E-state index in [-0.39, 0.29) is 24.8 Å². The van der Waals surface area contributed by atoms with Crippen molar-refractivity contribution in [2.24, 2.45) is 0 Å². The highest BCUT2D eigenvalue weighted by atomic mass is 16.8. The van der Waals surface area contributed by atoms with Crippen LogP contribution in [0.15, 0.2) is 104 Å². The fraction of sp³-hybridized carbons (Fsp3) is 0.281. The van der Waals surface area contributed by atoms with Crippen LogP contribution in [0.5, 0.6) is 0 Å². The van der Waals surface area contributed by atoms with Gasteiger partial charge in [0.2, 0.25) is 5.95 Å². The molecule has 41 heavy (non-hydrogen) atoms. The van der Waals surface area contributed by atoms with Gasteiger partial charge in [0.15, 0.2) is 11.4 Å². The number of aromatic nitrogens is 4. The van der Waals surface area contributed by atoms with Gasteiger partial charge in [0.25, 0.3) is 0 Å². The van der Waals surface area contributed by atoms with Crippen LogP contribution in [0, 0.1) is 0 Å². The molecule has 7 rings (SSSR count). The number of nitrogen functional groups attached to an aromatic ring is 1. The van der Waals surface area contributed by atoms with Crippen molar-refractivity contribution in [2.75, 3.05) is 12.3 Å². The molecular formula is C32H31N5O4. The molecule has 208 valence electrons. The van der Waals surface area contributed by atoms with Crippen molar-refractivity contribution in [3.63, 3.8) is 0 Å². The molecule has 0 saturated carbocycles. The van der Waals surface area contributed by atoms with Crippen LogP contribution in [0.25, 0.3) is 5.65 Å². The smallest absolute Gasteiger partial charge is 0.224 e. The number of nitrogens with two attached hydrogens (primary N) is 1. The molecule has 0 amide bonds. The van der Waals surface area contributed by atoms with E-state index >= 15 is 0 Å². The van der Waals surface area contributed by atoms with Crippen molar-refractivity contribution < 1.29 is 18.9 Å². The number of anilines is 1. The van der Waals surface area contributed by atoms with E-state index in [1.807, 2.05) is 68.4 Å². The van der Waals surface area contributed by atoms with Crippen LogP contribution in [0.1, 0.15) is 42.2 Å². The highest BCUT2D eigenvalue weighted by Crippen LogP contribution is 2.47. The molecule has 0 unspecified atom stereocenters. The molecule has 9 heteroatoms. The molecule has 2 saturated heterocycles. The molecule has 2 N–H and O–H groups in total. The van der Waals surface area contributed by atoms with Crippen LogP contribution in [0.3, 0.4) is 0 Å². The molecule has 0 spiro atoms. The van der Waals surface area contributed by atoms with Gasteiger partial charge in [0, 0.05) is 5.56 Å². The zero-order chi connectivity index (χ0) is 28.0. The van der Waals surface area contributed by atoms with Crippen molar-refractivity contribution in [3.05, 3.63) is 126 Å². The van der Waals surface area contributed by atoms with E-state index < -0.39 is 23.6 Å². The third-order valence-corrected chi connectivity index (χ3v) is 7.82. The maximum atomic E-state index is 7.09. The lowest BCUT2D eigenvalue weighted by Gasteiger charge is -2.37. The Morgan fingerprint density at radius 1 is 0.829 bits per heavy atom. The Kier molecular flexibility index (Phi) is 6.32. The minimum absolute atomic E-state index is 0.242. The molecule has 2 fully saturated rings. The number of ether oxygens (including phenoxy) is 4. The molecule has 0 aliphatic carbocycles. The Morgan fingerprint density at radius 3 is 1.98 bits per heavy atom. The average Bonchev–Trinajstić information content (AvgIpc) is 3.67. The van der Waals surface area contributed by atoms with Crippen LogP contribution >= 0.6 is 0 Å². The summed E-state index contributed by atoms with van der Waals surface area (Å²) in [5.74, 6) is -0.542. The van der Waals surface area contributed by atoms with Crippen LogP contribution in [0.4, 0.5) is 5.95 Å². The predicted molar refractivity (Wildman–Crippen MR) is 152 cm³/mol. The van der Waals surface area contributed by atoms with Gasteiger partial charge in [0.05, 0.1) is 12.8 Å². The van der Waals surface area contributed by atoms with E-state index in [1.54, 1.807) is 6.20 Å². The minimum Gasteiger partial charge on any atom is -0.368 e. The SMILES string of the molecule is CC1(C)O[C@@H]2[C@H](O1)[C@@H](COC(c1ccccc1)(c1ccccc1)c1ccccc1)O[C@H]2c1cnn2c(N)ncnc12. The molecule has 2 aliphatic heterocycles. The lowest BCUT2D eigenvalue weighted by atomic mass is 9.80. The van der Waals surface area contributed by atoms with E-state index in [1.165, 1.54) is 10.8 Å². The highest BCUT2D eigenvalue weighted by molar-refractivity contribution is 5.51. The van der Waals surface area contributed by atoms with Crippen molar-refractivity contribution >= 4 is 11.6 Å². The molecule has 0 bridgehead atoms. The summed E-state index contributed by atoms with van der Waals surface area (Å²) in [5, 5.41) is 4.40. The maximum Gasteiger partial charge on any atom is 0.224 e. The molecule has 4 atom stereocenters. The minimum atomic E-state index is -0.887. The number of fused-ring (bicyclic) bond motifs is 2. The van der Waals surface area contributed by atoms with Gasteiger partial charge in [-0.15, -0.1) is 0 Å². The monoisotopic (exact) mass is 549 g/mol. The highest BCUT2D eigenvalue weighted by Gasteiger charge is 2.57. The molecule has 9 nitrogen and oxygen atoms in total. The fourth-order valence-electron chi connectivity index (χ4n) is 6.09. The van der Waals surface area contributed by atoms with Gasteiger partial charge in [-0.2, -0.15) is 9.61 Å². The molecule has 0 radical (unpaired) electrons. The lowest BCUT2D eigenvalue weighted by molar-refractivity contribution is -0.196. The second-order valence-corrected chi connectivity index (χ2v) is 10.8. The summed E-state index contributed by atoms with van der Waals surface area (Å²) >= 11 is 0. The molecule has 5 aromatic rings. The second kappa shape index (κ2) is 10.0. The van der Waals surface area contributed by atoms with Gasteiger partial charge in [0.1, 0.15) is 36.3 Å². The summed E-state index contributed by atoms with van der Waals surface area (Å²) in [6, 6.07) is 30.8. The normalized spacial score (nSPS) is 23.6. The summed E-state index contributed by atoms with van der Waals surface area (Å²) in [6.45, 7) is 4.07. The molecule has 2 aromatic heterocycles. The molecule has 3 aromatic carbocycles. The quantitative estimate of drug-likeness (QED) is 0.292. The van der Waals surface area contributed by atoms with E-state index in [0.717, 1.165) is 22.3 Å². The van der Waals surface area contributed by atoms with E-state index in [0.29, 0.717) is 5.65 Å². The summed E-state index contributed by atoms with van der Waals surface area (Å²) in [5.41, 5.74) is 9.54. The molecular weight excluding hydrogens is 518 g/mol. The van der Waals surface area contributed by atoms with Crippen LogP contribution < -0.4 is 5.73 Å². The summed E-state index contributed by atoms with van der Waals surface area (Å²) < 4.78 is 28.1. The number of nitrogens with zero attached hydrogens (tertiary/aromatic N) is 4. The molecule has 2 aliphatic rings. The van der Waals surface area contributed by atoms with Gasteiger partial charge in [-0.25, -0.2) is 9.97 Å². The predicted octanol–water partition coefficient (Wildman–Crippen LogP) is 4.68. The van der Waals surface area contributed by atoms with E-state index in [2.05, 4.69) is 51.5 Å². The summed E-state index contributed by atoms with van der Waals surface area (Å²) in [6.07, 6.45) is 1.46. The first-order chi connectivity index (χ1) is 20.0. The average molecular weight is 550 g/mol. The van der Waals surface area contributed by atoms with Gasteiger partial charge < -0.3 is 24.7 Å². The Morgan fingerprint density at radius 2 is 1.39 bits per heavy atom. The topological polar surface area (TPSA) is 106 Å². The first-order valence-electron chi connectivity index (χ1n) is 13.7. The van der Waals surface area contributed by atoms with E-state index in [4.69, 9.17) is 24.7 Å². The third kappa shape index (κ3) is 4.38. The van der Waals surface area contributed by atoms with Crippen molar-refractivity contribution in [1.82, 2.24) is 19.6 Å². The van der Waals surface area contributed by atoms with Crippen molar-refractivity contribution in [1.29, 1.82) is 0 Å². The van der Waals surface area contributed by atoms with Crippen LogP contribution in [0.2, 0.25) is 0 Å². The number of hydrogen-bond donors (Lipinski definition) is 1. The number of hydrogen-bond acceptors (Lipinski definition) is 8. The van der Waals surface area contributed by atoms with Crippen molar-refractivity contribution in [3.8, 4) is 0 Å². The maximum absolute atomic E-state index is 7.09. The van der Waals surface area contributed by atoms with Crippen molar-refractivity contribution in [2.45, 2.75) is 49.7 Å². The Hall–Kier alpha value is -4.15. The van der Waals surface area contributed by atoms with Crippen LogP contribution in [-0.2, 0) is 24.5 Å². The van der Waals surface area contributed by atoms with Crippen LogP contribution in [-0.4, -0.2) is 50.3 Å². The first-order valence-corrected chi connectivity index (χ1v) is 13.7. The number of rotatable bonds is 7. The fourth-order valence-corrected chi connectivity index (χ4v) is 6.09. The summed E-state index contributed by atoms with van der Waals surface area (Å²) in [7, 11) is 0. The molecule has 4 heterocycles. The zero-order valence-corrected chi connectivity index (χ0v) is 22.8. The second-order valence-electron chi connectivity index (χ2n) is 10.8. The van der Waals surface area contributed by atoms with E-state index in [9.17, 15) is 0 Å². The van der Waals surface area contributed by atoms with Gasteiger partial charge in [-0.1, -0.05) is 91.0 Å².